The Morgan fingerprint density at radius 1 is 1.38 bits per heavy atom. The van der Waals surface area contributed by atoms with Gasteiger partial charge in [-0.15, -0.1) is 0 Å². The van der Waals surface area contributed by atoms with Gasteiger partial charge in [-0.3, -0.25) is 19.4 Å². The first kappa shape index (κ1) is 13.8. The summed E-state index contributed by atoms with van der Waals surface area (Å²) in [7, 11) is 1.75. The van der Waals surface area contributed by atoms with Crippen molar-refractivity contribution in [3.63, 3.8) is 0 Å². The monoisotopic (exact) mass is 289 g/mol. The van der Waals surface area contributed by atoms with Crippen LogP contribution >= 0.6 is 0 Å². The summed E-state index contributed by atoms with van der Waals surface area (Å²) in [5, 5.41) is 2.89. The van der Waals surface area contributed by atoms with E-state index in [2.05, 4.69) is 16.2 Å². The summed E-state index contributed by atoms with van der Waals surface area (Å²) < 4.78 is 3.25. The van der Waals surface area contributed by atoms with Gasteiger partial charge in [0.25, 0.3) is 0 Å². The maximum Gasteiger partial charge on any atom is 0.328 e. The Labute approximate surface area is 121 Å². The minimum atomic E-state index is -0.0929. The van der Waals surface area contributed by atoms with E-state index in [1.807, 2.05) is 24.3 Å². The van der Waals surface area contributed by atoms with Crippen LogP contribution in [-0.2, 0) is 18.4 Å². The number of nitrogens with zero attached hydrogens (tertiary/aromatic N) is 2. The molecule has 1 aliphatic heterocycles. The largest absolute Gasteiger partial charge is 0.339 e. The topological polar surface area (TPSA) is 80.1 Å². The van der Waals surface area contributed by atoms with E-state index in [9.17, 15) is 9.59 Å². The predicted molar refractivity (Wildman–Crippen MR) is 79.5 cm³/mol. The highest BCUT2D eigenvalue weighted by atomic mass is 16.2. The Hall–Kier alpha value is -2.12. The van der Waals surface area contributed by atoms with Crippen LogP contribution in [0.3, 0.4) is 0 Å². The minimum absolute atomic E-state index is 0.0262. The normalized spacial score (nSPS) is 18.2. The van der Waals surface area contributed by atoms with Crippen LogP contribution in [0.2, 0.25) is 0 Å². The van der Waals surface area contributed by atoms with E-state index < -0.39 is 0 Å². The second kappa shape index (κ2) is 5.71. The van der Waals surface area contributed by atoms with E-state index >= 15 is 0 Å². The van der Waals surface area contributed by atoms with Gasteiger partial charge in [-0.1, -0.05) is 12.1 Å². The summed E-state index contributed by atoms with van der Waals surface area (Å²) in [4.78, 5) is 24.1. The molecule has 2 heterocycles. The Morgan fingerprint density at radius 2 is 2.14 bits per heavy atom. The fraction of sp³-hybridized carbons (Fsp3) is 0.429. The van der Waals surface area contributed by atoms with Crippen LogP contribution < -0.4 is 21.9 Å². The molecule has 2 aromatic rings. The summed E-state index contributed by atoms with van der Waals surface area (Å²) in [5.74, 6) is -0.0592. The van der Waals surface area contributed by atoms with Crippen molar-refractivity contribution in [2.45, 2.75) is 25.6 Å². The van der Waals surface area contributed by atoms with Gasteiger partial charge in [0.15, 0.2) is 0 Å². The second-order valence-corrected chi connectivity index (χ2v) is 5.21. The molecule has 1 aromatic heterocycles. The van der Waals surface area contributed by atoms with Crippen molar-refractivity contribution < 1.29 is 4.79 Å². The summed E-state index contributed by atoms with van der Waals surface area (Å²) >= 11 is 0. The van der Waals surface area contributed by atoms with Crippen LogP contribution in [0, 0.1) is 0 Å². The Kier molecular flexibility index (Phi) is 3.76. The number of fused-ring (bicyclic) bond motifs is 1. The zero-order valence-corrected chi connectivity index (χ0v) is 11.9. The SMILES string of the molecule is Cn1c(=O)n(CCC(=O)NC2CCNN2)c2ccccc21. The second-order valence-electron chi connectivity index (χ2n) is 5.21. The van der Waals surface area contributed by atoms with Gasteiger partial charge in [0.05, 0.1) is 17.2 Å². The van der Waals surface area contributed by atoms with Crippen molar-refractivity contribution >= 4 is 16.9 Å². The zero-order chi connectivity index (χ0) is 14.8. The lowest BCUT2D eigenvalue weighted by Gasteiger charge is -2.12. The number of nitrogens with one attached hydrogen (secondary N) is 3. The van der Waals surface area contributed by atoms with E-state index in [1.54, 1.807) is 16.2 Å². The third kappa shape index (κ3) is 2.70. The Balaban J connectivity index is 1.72. The Morgan fingerprint density at radius 3 is 2.86 bits per heavy atom. The molecular weight excluding hydrogens is 270 g/mol. The molecule has 1 atom stereocenters. The molecule has 0 radical (unpaired) electrons. The number of aromatic nitrogens is 2. The molecule has 3 N–H and O–H groups in total. The predicted octanol–water partition coefficient (Wildman–Crippen LogP) is -0.330. The van der Waals surface area contributed by atoms with Crippen LogP contribution in [-0.4, -0.2) is 27.8 Å². The summed E-state index contributed by atoms with van der Waals surface area (Å²) in [5.41, 5.74) is 7.59. The number of imidazole rings is 1. The third-order valence-corrected chi connectivity index (χ3v) is 3.78. The molecule has 1 fully saturated rings. The molecule has 0 saturated carbocycles. The molecule has 1 aliphatic rings. The van der Waals surface area contributed by atoms with Crippen LogP contribution in [0.4, 0.5) is 0 Å². The van der Waals surface area contributed by atoms with E-state index in [0.29, 0.717) is 6.54 Å². The summed E-state index contributed by atoms with van der Waals surface area (Å²) in [6, 6.07) is 7.60. The first-order valence-corrected chi connectivity index (χ1v) is 7.09. The van der Waals surface area contributed by atoms with Crippen molar-refractivity contribution in [1.82, 2.24) is 25.3 Å². The van der Waals surface area contributed by atoms with E-state index in [-0.39, 0.29) is 24.2 Å². The van der Waals surface area contributed by atoms with E-state index in [1.165, 1.54) is 0 Å². The van der Waals surface area contributed by atoms with Gasteiger partial charge in [0, 0.05) is 26.6 Å². The van der Waals surface area contributed by atoms with Crippen molar-refractivity contribution in [2.75, 3.05) is 6.54 Å². The highest BCUT2D eigenvalue weighted by molar-refractivity contribution is 5.78. The zero-order valence-electron chi connectivity index (χ0n) is 11.9. The average molecular weight is 289 g/mol. The fourth-order valence-corrected chi connectivity index (χ4v) is 2.65. The number of carbonyl (C=O) groups excluding carboxylic acids is 1. The number of amides is 1. The van der Waals surface area contributed by atoms with Gasteiger partial charge in [-0.25, -0.2) is 10.2 Å². The smallest absolute Gasteiger partial charge is 0.328 e. The maximum atomic E-state index is 12.2. The Bertz CT molecular complexity index is 712. The molecule has 1 unspecified atom stereocenters. The third-order valence-electron chi connectivity index (χ3n) is 3.78. The van der Waals surface area contributed by atoms with Gasteiger partial charge in [0.1, 0.15) is 0 Å². The van der Waals surface area contributed by atoms with Gasteiger partial charge >= 0.3 is 5.69 Å². The van der Waals surface area contributed by atoms with Crippen molar-refractivity contribution in [3.8, 4) is 0 Å². The quantitative estimate of drug-likeness (QED) is 0.720. The molecule has 1 aromatic carbocycles. The highest BCUT2D eigenvalue weighted by Crippen LogP contribution is 2.11. The number of hydrogen-bond acceptors (Lipinski definition) is 4. The lowest BCUT2D eigenvalue weighted by atomic mass is 10.3. The average Bonchev–Trinajstić information content (AvgIpc) is 3.07. The molecule has 112 valence electrons. The molecule has 0 bridgehead atoms. The molecule has 3 rings (SSSR count). The number of para-hydroxylation sites is 2. The molecule has 1 amide bonds. The highest BCUT2D eigenvalue weighted by Gasteiger charge is 2.16. The molecule has 0 spiro atoms. The molecule has 1 saturated heterocycles. The number of rotatable bonds is 4. The molecular formula is C14H19N5O2. The number of hydrazine groups is 1. The summed E-state index contributed by atoms with van der Waals surface area (Å²) in [6.45, 7) is 1.22. The van der Waals surface area contributed by atoms with E-state index in [0.717, 1.165) is 24.0 Å². The lowest BCUT2D eigenvalue weighted by molar-refractivity contribution is -0.122. The van der Waals surface area contributed by atoms with Crippen molar-refractivity contribution in [1.29, 1.82) is 0 Å². The van der Waals surface area contributed by atoms with Gasteiger partial charge in [-0.05, 0) is 18.6 Å². The van der Waals surface area contributed by atoms with Crippen LogP contribution in [0.5, 0.6) is 0 Å². The molecule has 21 heavy (non-hydrogen) atoms. The number of hydrogen-bond donors (Lipinski definition) is 3. The van der Waals surface area contributed by atoms with Crippen molar-refractivity contribution in [3.05, 3.63) is 34.7 Å². The van der Waals surface area contributed by atoms with E-state index in [4.69, 9.17) is 0 Å². The first-order valence-electron chi connectivity index (χ1n) is 7.09. The standard InChI is InChI=1S/C14H19N5O2/c1-18-10-4-2-3-5-11(10)19(14(18)21)9-7-13(20)16-12-6-8-15-17-12/h2-5,12,15,17H,6-9H2,1H3,(H,16,20). The van der Waals surface area contributed by atoms with Gasteiger partial charge in [0.2, 0.25) is 5.91 Å². The van der Waals surface area contributed by atoms with Crippen LogP contribution in [0.25, 0.3) is 11.0 Å². The fourth-order valence-electron chi connectivity index (χ4n) is 2.65. The van der Waals surface area contributed by atoms with Crippen molar-refractivity contribution in [2.24, 2.45) is 7.05 Å². The minimum Gasteiger partial charge on any atom is -0.339 e. The van der Waals surface area contributed by atoms with Crippen LogP contribution in [0.1, 0.15) is 12.8 Å². The first-order chi connectivity index (χ1) is 10.2. The number of carbonyl (C=O) groups is 1. The lowest BCUT2D eigenvalue weighted by Crippen LogP contribution is -2.44. The number of benzene rings is 1. The van der Waals surface area contributed by atoms with Gasteiger partial charge in [-0.2, -0.15) is 0 Å². The maximum absolute atomic E-state index is 12.2. The molecule has 7 nitrogen and oxygen atoms in total. The number of aryl methyl sites for hydroxylation is 2. The van der Waals surface area contributed by atoms with Crippen LogP contribution in [0.15, 0.2) is 29.1 Å². The van der Waals surface area contributed by atoms with Gasteiger partial charge < -0.3 is 5.32 Å². The molecule has 7 heteroatoms. The summed E-state index contributed by atoms with van der Waals surface area (Å²) in [6.07, 6.45) is 1.12. The molecule has 0 aliphatic carbocycles.